The van der Waals surface area contributed by atoms with Crippen LogP contribution in [-0.4, -0.2) is 51.2 Å². The summed E-state index contributed by atoms with van der Waals surface area (Å²) >= 11 is 0. The lowest BCUT2D eigenvalue weighted by Gasteiger charge is -2.27. The van der Waals surface area contributed by atoms with Gasteiger partial charge in [0.05, 0.1) is 11.3 Å². The van der Waals surface area contributed by atoms with Gasteiger partial charge in [0.1, 0.15) is 29.6 Å². The van der Waals surface area contributed by atoms with Gasteiger partial charge in [-0.3, -0.25) is 4.79 Å². The van der Waals surface area contributed by atoms with Crippen LogP contribution in [0.2, 0.25) is 0 Å². The molecule has 1 N–H and O–H groups in total. The number of carbonyl (C=O) groups excluding carboxylic acids is 1. The van der Waals surface area contributed by atoms with Gasteiger partial charge in [0.2, 0.25) is 0 Å². The van der Waals surface area contributed by atoms with Crippen LogP contribution in [0.5, 0.6) is 5.75 Å². The number of amides is 1. The van der Waals surface area contributed by atoms with E-state index >= 15 is 0 Å². The van der Waals surface area contributed by atoms with Gasteiger partial charge in [-0.1, -0.05) is 0 Å². The van der Waals surface area contributed by atoms with Crippen LogP contribution in [0.3, 0.4) is 0 Å². The van der Waals surface area contributed by atoms with Crippen LogP contribution in [-0.2, 0) is 0 Å². The number of likely N-dealkylation sites (tertiary alicyclic amines) is 1. The lowest BCUT2D eigenvalue weighted by molar-refractivity contribution is -0.0163. The number of hydrogen-bond donors (Lipinski definition) is 1. The SMILES string of the molecule is Cc1ncc(C(=O)N2CCCC(O)(COc3ccc(F)cc3)CC2)c(C)n1. The highest BCUT2D eigenvalue weighted by molar-refractivity contribution is 5.94. The lowest BCUT2D eigenvalue weighted by atomic mass is 9.96. The molecule has 6 nitrogen and oxygen atoms in total. The van der Waals surface area contributed by atoms with Crippen molar-refractivity contribution < 1.29 is 19.0 Å². The summed E-state index contributed by atoms with van der Waals surface area (Å²) in [6.45, 7) is 4.68. The number of ether oxygens (including phenoxy) is 1. The normalized spacial score (nSPS) is 20.2. The molecule has 144 valence electrons. The summed E-state index contributed by atoms with van der Waals surface area (Å²) in [5, 5.41) is 10.9. The molecule has 1 fully saturated rings. The third-order valence-corrected chi connectivity index (χ3v) is 4.86. The fourth-order valence-electron chi connectivity index (χ4n) is 3.24. The number of rotatable bonds is 4. The van der Waals surface area contributed by atoms with Crippen molar-refractivity contribution in [2.45, 2.75) is 38.7 Å². The van der Waals surface area contributed by atoms with E-state index in [1.165, 1.54) is 24.3 Å². The Morgan fingerprint density at radius 2 is 2.00 bits per heavy atom. The predicted molar refractivity (Wildman–Crippen MR) is 98.1 cm³/mol. The van der Waals surface area contributed by atoms with Gasteiger partial charge in [-0.05, 0) is 57.4 Å². The van der Waals surface area contributed by atoms with E-state index in [1.807, 2.05) is 0 Å². The molecule has 0 aliphatic carbocycles. The van der Waals surface area contributed by atoms with Gasteiger partial charge in [0, 0.05) is 19.3 Å². The van der Waals surface area contributed by atoms with Crippen molar-refractivity contribution in [3.05, 3.63) is 53.4 Å². The fraction of sp³-hybridized carbons (Fsp3) is 0.450. The van der Waals surface area contributed by atoms with E-state index in [0.29, 0.717) is 55.2 Å². The van der Waals surface area contributed by atoms with E-state index in [4.69, 9.17) is 4.74 Å². The van der Waals surface area contributed by atoms with Gasteiger partial charge in [-0.25, -0.2) is 14.4 Å². The molecule has 0 bridgehead atoms. The minimum atomic E-state index is -1.03. The predicted octanol–water partition coefficient (Wildman–Crippen LogP) is 2.67. The van der Waals surface area contributed by atoms with Crippen molar-refractivity contribution in [2.75, 3.05) is 19.7 Å². The summed E-state index contributed by atoms with van der Waals surface area (Å²) in [5.74, 6) is 0.693. The highest BCUT2D eigenvalue weighted by atomic mass is 19.1. The molecule has 2 heterocycles. The Kier molecular flexibility index (Phi) is 5.70. The second-order valence-electron chi connectivity index (χ2n) is 7.03. The molecule has 3 rings (SSSR count). The van der Waals surface area contributed by atoms with E-state index < -0.39 is 5.60 Å². The summed E-state index contributed by atoms with van der Waals surface area (Å²) in [5.41, 5.74) is 0.127. The summed E-state index contributed by atoms with van der Waals surface area (Å²) < 4.78 is 18.6. The van der Waals surface area contributed by atoms with Crippen molar-refractivity contribution in [1.29, 1.82) is 0 Å². The van der Waals surface area contributed by atoms with Crippen LogP contribution >= 0.6 is 0 Å². The number of aliphatic hydroxyl groups is 1. The molecule has 0 radical (unpaired) electrons. The smallest absolute Gasteiger partial charge is 0.257 e. The number of hydrogen-bond acceptors (Lipinski definition) is 5. The quantitative estimate of drug-likeness (QED) is 0.892. The van der Waals surface area contributed by atoms with Crippen LogP contribution in [0.15, 0.2) is 30.5 Å². The van der Waals surface area contributed by atoms with Crippen molar-refractivity contribution >= 4 is 5.91 Å². The molecule has 1 saturated heterocycles. The molecule has 1 amide bonds. The first kappa shape index (κ1) is 19.2. The maximum atomic E-state index is 13.0. The second kappa shape index (κ2) is 8.00. The minimum Gasteiger partial charge on any atom is -0.491 e. The molecule has 7 heteroatoms. The molecular formula is C20H24FN3O3. The van der Waals surface area contributed by atoms with Crippen molar-refractivity contribution in [2.24, 2.45) is 0 Å². The van der Waals surface area contributed by atoms with Gasteiger partial charge in [0.25, 0.3) is 5.91 Å². The highest BCUT2D eigenvalue weighted by Crippen LogP contribution is 2.25. The van der Waals surface area contributed by atoms with Gasteiger partial charge >= 0.3 is 0 Å². The number of benzene rings is 1. The first-order chi connectivity index (χ1) is 12.9. The maximum Gasteiger partial charge on any atom is 0.257 e. The Morgan fingerprint density at radius 1 is 1.26 bits per heavy atom. The van der Waals surface area contributed by atoms with Crippen molar-refractivity contribution in [3.63, 3.8) is 0 Å². The average Bonchev–Trinajstić information content (AvgIpc) is 2.83. The monoisotopic (exact) mass is 373 g/mol. The molecule has 1 atom stereocenters. The molecule has 1 aromatic carbocycles. The van der Waals surface area contributed by atoms with E-state index in [2.05, 4.69) is 9.97 Å². The van der Waals surface area contributed by atoms with Crippen LogP contribution in [0.1, 0.15) is 41.1 Å². The Morgan fingerprint density at radius 3 is 2.70 bits per heavy atom. The molecular weight excluding hydrogens is 349 g/mol. The standard InChI is InChI=1S/C20H24FN3O3/c1-14-18(12-22-15(2)23-14)19(25)24-10-3-8-20(26,9-11-24)13-27-17-6-4-16(21)5-7-17/h4-7,12,26H,3,8-11,13H2,1-2H3. The summed E-state index contributed by atoms with van der Waals surface area (Å²) in [4.78, 5) is 22.9. The number of aromatic nitrogens is 2. The van der Waals surface area contributed by atoms with Crippen molar-refractivity contribution in [3.8, 4) is 5.75 Å². The number of halogens is 1. The molecule has 27 heavy (non-hydrogen) atoms. The third kappa shape index (κ3) is 4.80. The molecule has 0 saturated carbocycles. The number of carbonyl (C=O) groups is 1. The summed E-state index contributed by atoms with van der Waals surface area (Å²) in [6, 6.07) is 5.70. The lowest BCUT2D eigenvalue weighted by Crippen LogP contribution is -2.38. The maximum absolute atomic E-state index is 13.0. The summed E-state index contributed by atoms with van der Waals surface area (Å²) in [6.07, 6.45) is 3.17. The number of aryl methyl sites for hydroxylation is 2. The zero-order chi connectivity index (χ0) is 19.4. The van der Waals surface area contributed by atoms with Gasteiger partial charge in [-0.2, -0.15) is 0 Å². The fourth-order valence-corrected chi connectivity index (χ4v) is 3.24. The second-order valence-corrected chi connectivity index (χ2v) is 7.03. The Balaban J connectivity index is 1.62. The van der Waals surface area contributed by atoms with Crippen LogP contribution < -0.4 is 4.74 Å². The first-order valence-electron chi connectivity index (χ1n) is 9.07. The molecule has 1 aliphatic rings. The van der Waals surface area contributed by atoms with Crippen LogP contribution in [0.25, 0.3) is 0 Å². The Bertz CT molecular complexity index is 813. The van der Waals surface area contributed by atoms with E-state index in [0.717, 1.165) is 0 Å². The highest BCUT2D eigenvalue weighted by Gasteiger charge is 2.33. The number of nitrogens with zero attached hydrogens (tertiary/aromatic N) is 3. The third-order valence-electron chi connectivity index (χ3n) is 4.86. The van der Waals surface area contributed by atoms with E-state index in [1.54, 1.807) is 24.9 Å². The average molecular weight is 373 g/mol. The zero-order valence-electron chi connectivity index (χ0n) is 15.6. The Labute approximate surface area is 158 Å². The zero-order valence-corrected chi connectivity index (χ0v) is 15.6. The first-order valence-corrected chi connectivity index (χ1v) is 9.07. The van der Waals surface area contributed by atoms with E-state index in [9.17, 15) is 14.3 Å². The van der Waals surface area contributed by atoms with Crippen molar-refractivity contribution in [1.82, 2.24) is 14.9 Å². The van der Waals surface area contributed by atoms with Crippen LogP contribution in [0.4, 0.5) is 4.39 Å². The Hall–Kier alpha value is -2.54. The molecule has 1 unspecified atom stereocenters. The molecule has 1 aliphatic heterocycles. The van der Waals surface area contributed by atoms with Gasteiger partial charge < -0.3 is 14.7 Å². The van der Waals surface area contributed by atoms with Crippen LogP contribution in [0, 0.1) is 19.7 Å². The summed E-state index contributed by atoms with van der Waals surface area (Å²) in [7, 11) is 0. The van der Waals surface area contributed by atoms with E-state index in [-0.39, 0.29) is 18.3 Å². The minimum absolute atomic E-state index is 0.104. The van der Waals surface area contributed by atoms with Gasteiger partial charge in [0.15, 0.2) is 0 Å². The molecule has 1 aromatic heterocycles. The molecule has 2 aromatic rings. The largest absolute Gasteiger partial charge is 0.491 e. The molecule has 0 spiro atoms. The van der Waals surface area contributed by atoms with Gasteiger partial charge in [-0.15, -0.1) is 0 Å². The topological polar surface area (TPSA) is 75.6 Å².